The fraction of sp³-hybridized carbons (Fsp3) is 0.412. The predicted molar refractivity (Wildman–Crippen MR) is 97.4 cm³/mol. The van der Waals surface area contributed by atoms with Crippen molar-refractivity contribution in [3.8, 4) is 5.69 Å². The third-order valence-electron chi connectivity index (χ3n) is 4.49. The molecule has 140 valence electrons. The number of amides is 2. The van der Waals surface area contributed by atoms with Gasteiger partial charge in [-0.05, 0) is 0 Å². The molecule has 1 aliphatic heterocycles. The van der Waals surface area contributed by atoms with Crippen molar-refractivity contribution in [2.45, 2.75) is 37.2 Å². The zero-order valence-electron chi connectivity index (χ0n) is 14.3. The van der Waals surface area contributed by atoms with Crippen molar-refractivity contribution >= 4 is 34.2 Å². The number of rotatable bonds is 1. The van der Waals surface area contributed by atoms with E-state index in [2.05, 4.69) is 4.99 Å². The van der Waals surface area contributed by atoms with Crippen LogP contribution in [0.4, 0.5) is 18.0 Å². The molecule has 0 N–H and O–H groups in total. The number of likely N-dealkylation sites (tertiary alicyclic amines) is 1. The molecule has 1 unspecified atom stereocenters. The van der Waals surface area contributed by atoms with Crippen LogP contribution in [0.25, 0.3) is 5.69 Å². The Labute approximate surface area is 161 Å². The molecule has 2 heterocycles. The molecule has 1 saturated heterocycles. The molecule has 0 spiro atoms. The van der Waals surface area contributed by atoms with Gasteiger partial charge in [-0.25, -0.2) is 0 Å². The summed E-state index contributed by atoms with van der Waals surface area (Å²) in [5, 5.41) is 0. The van der Waals surface area contributed by atoms with Gasteiger partial charge in [-0.3, -0.25) is 0 Å². The summed E-state index contributed by atoms with van der Waals surface area (Å²) in [7, 11) is 0. The number of carbonyl (C=O) groups excluding carboxylic acids is 1. The molecule has 9 heteroatoms. The number of aromatic nitrogens is 1. The zero-order chi connectivity index (χ0) is 19.1. The van der Waals surface area contributed by atoms with Crippen LogP contribution in [0.15, 0.2) is 35.5 Å². The molecule has 1 aromatic heterocycles. The molecule has 1 aliphatic rings. The van der Waals surface area contributed by atoms with Crippen LogP contribution in [0.5, 0.6) is 0 Å². The molecule has 4 nitrogen and oxygen atoms in total. The molecule has 0 aliphatic carbocycles. The van der Waals surface area contributed by atoms with Gasteiger partial charge < -0.3 is 0 Å². The van der Waals surface area contributed by atoms with E-state index in [0.29, 0.717) is 21.7 Å². The molecule has 0 saturated carbocycles. The number of thiazole rings is 1. The number of nitrogens with zero attached hydrogens (tertiary/aromatic N) is 3. The van der Waals surface area contributed by atoms with E-state index in [9.17, 15) is 18.0 Å². The Hall–Kier alpha value is -1.53. The molecule has 26 heavy (non-hydrogen) atoms. The number of hydrogen-bond donors (Lipinski definition) is 0. The Bertz CT molecular complexity index is 873. The van der Waals surface area contributed by atoms with Crippen molar-refractivity contribution in [1.29, 1.82) is 0 Å². The van der Waals surface area contributed by atoms with Gasteiger partial charge in [0.15, 0.2) is 0 Å². The maximum atomic E-state index is 12.7. The van der Waals surface area contributed by atoms with Gasteiger partial charge in [-0.1, -0.05) is 0 Å². The van der Waals surface area contributed by atoms with Crippen LogP contribution in [-0.4, -0.2) is 44.9 Å². The van der Waals surface area contributed by atoms with E-state index in [0.717, 1.165) is 23.4 Å². The van der Waals surface area contributed by atoms with E-state index in [-0.39, 0.29) is 12.1 Å². The molecule has 2 amide bonds. The number of benzene rings is 1. The minimum absolute atomic E-state index is 0.159. The number of carbonyl (C=O) groups is 1. The van der Waals surface area contributed by atoms with Gasteiger partial charge in [0.2, 0.25) is 0 Å². The molecule has 3 atom stereocenters. The fourth-order valence-electron chi connectivity index (χ4n) is 2.91. The summed E-state index contributed by atoms with van der Waals surface area (Å²) in [5.74, 6) is 0. The second-order valence-corrected chi connectivity index (χ2v) is 9.33. The molecule has 0 bridgehead atoms. The second-order valence-electron chi connectivity index (χ2n) is 6.32. The number of urea groups is 1. The number of hydrogen-bond acceptors (Lipinski definition) is 2. The number of aryl methyl sites for hydroxylation is 1. The van der Waals surface area contributed by atoms with E-state index >= 15 is 0 Å². The SMILES string of the molecule is Cc1cn(-c2ccc(C(F)(F)F)cc2)/c(=N/C(=O)N2CC[C@H]([AsH2])[C@H]2C)s1. The summed E-state index contributed by atoms with van der Waals surface area (Å²) in [4.78, 5) is 20.0. The van der Waals surface area contributed by atoms with Crippen molar-refractivity contribution in [3.63, 3.8) is 0 Å². The van der Waals surface area contributed by atoms with Crippen LogP contribution in [0.3, 0.4) is 0 Å². The third-order valence-corrected chi connectivity index (χ3v) is 7.26. The minimum atomic E-state index is -4.37. The Kier molecular flexibility index (Phi) is 5.35. The average Bonchev–Trinajstić information content (AvgIpc) is 3.10. The van der Waals surface area contributed by atoms with E-state index < -0.39 is 11.7 Å². The summed E-state index contributed by atoms with van der Waals surface area (Å²) in [6, 6.07) is 4.72. The molecule has 2 aromatic rings. The zero-order valence-corrected chi connectivity index (χ0v) is 17.6. The first-order valence-electron chi connectivity index (χ1n) is 8.14. The topological polar surface area (TPSA) is 37.6 Å². The molecular formula is C17H19AsF3N3OS. The van der Waals surface area contributed by atoms with Crippen LogP contribution >= 0.6 is 11.3 Å². The van der Waals surface area contributed by atoms with E-state index in [1.807, 2.05) is 13.8 Å². The van der Waals surface area contributed by atoms with Crippen LogP contribution in [0, 0.1) is 6.92 Å². The first kappa shape index (κ1) is 19.2. The summed E-state index contributed by atoms with van der Waals surface area (Å²) in [5.41, 5.74) is -0.162. The summed E-state index contributed by atoms with van der Waals surface area (Å²) >= 11 is 2.97. The first-order valence-corrected chi connectivity index (χ1v) is 10.4. The van der Waals surface area contributed by atoms with Gasteiger partial charge in [0.1, 0.15) is 0 Å². The molecule has 1 aromatic carbocycles. The summed E-state index contributed by atoms with van der Waals surface area (Å²) < 4.78 is 40.4. The Balaban J connectivity index is 1.95. The van der Waals surface area contributed by atoms with Crippen molar-refractivity contribution in [2.75, 3.05) is 6.54 Å². The quantitative estimate of drug-likeness (QED) is 0.621. The van der Waals surface area contributed by atoms with Crippen LogP contribution in [0.2, 0.25) is 4.71 Å². The van der Waals surface area contributed by atoms with Gasteiger partial charge >= 0.3 is 149 Å². The first-order chi connectivity index (χ1) is 12.2. The third kappa shape index (κ3) is 3.91. The summed E-state index contributed by atoms with van der Waals surface area (Å²) in [6.45, 7) is 4.59. The maximum absolute atomic E-state index is 12.7. The predicted octanol–water partition coefficient (Wildman–Crippen LogP) is 3.40. The van der Waals surface area contributed by atoms with Crippen LogP contribution < -0.4 is 4.80 Å². The number of alkyl halides is 3. The van der Waals surface area contributed by atoms with Crippen molar-refractivity contribution in [3.05, 3.63) is 45.7 Å². The molecular weight excluding hydrogens is 426 g/mol. The van der Waals surface area contributed by atoms with E-state index in [1.54, 1.807) is 32.5 Å². The number of halogens is 3. The second kappa shape index (κ2) is 7.23. The summed E-state index contributed by atoms with van der Waals surface area (Å²) in [6.07, 6.45) is -1.62. The van der Waals surface area contributed by atoms with Crippen molar-refractivity contribution in [1.82, 2.24) is 9.47 Å². The van der Waals surface area contributed by atoms with E-state index in [4.69, 9.17) is 0 Å². The van der Waals surface area contributed by atoms with Crippen LogP contribution in [0.1, 0.15) is 23.8 Å². The average molecular weight is 445 g/mol. The standard InChI is InChI=1S/C17H19AsF3N3OS/c1-10-9-24(13-5-3-12(4-6-13)17(19,20)21)16(26-10)22-15(25)23-8-7-14(18)11(23)2/h3-6,9,11,14H,7-8,18H2,1-2H3/b22-16-/t11-,14+/m1/s1. The van der Waals surface area contributed by atoms with Gasteiger partial charge in [-0.2, -0.15) is 13.2 Å². The molecule has 3 rings (SSSR count). The normalized spacial score (nSPS) is 21.5. The van der Waals surface area contributed by atoms with Crippen molar-refractivity contribution in [2.24, 2.45) is 4.99 Å². The Morgan fingerprint density at radius 1 is 1.31 bits per heavy atom. The molecule has 0 radical (unpaired) electrons. The van der Waals surface area contributed by atoms with Crippen molar-refractivity contribution < 1.29 is 18.0 Å². The van der Waals surface area contributed by atoms with Gasteiger partial charge in [-0.15, -0.1) is 0 Å². The Morgan fingerprint density at radius 2 is 1.96 bits per heavy atom. The molecule has 1 fully saturated rings. The van der Waals surface area contributed by atoms with Crippen LogP contribution in [-0.2, 0) is 6.18 Å². The van der Waals surface area contributed by atoms with E-state index in [1.165, 1.54) is 23.5 Å². The van der Waals surface area contributed by atoms with Gasteiger partial charge in [0, 0.05) is 0 Å². The van der Waals surface area contributed by atoms with Gasteiger partial charge in [0.25, 0.3) is 0 Å². The fourth-order valence-corrected chi connectivity index (χ4v) is 4.48. The monoisotopic (exact) mass is 445 g/mol. The van der Waals surface area contributed by atoms with Gasteiger partial charge in [0.05, 0.1) is 0 Å². The Morgan fingerprint density at radius 3 is 2.50 bits per heavy atom.